The number of piperidine rings is 1. The first-order valence-electron chi connectivity index (χ1n) is 13.9. The molecule has 12 heteroatoms. The first kappa shape index (κ1) is 28.3. The van der Waals surface area contributed by atoms with Crippen LogP contribution in [0, 0.1) is 17.0 Å². The van der Waals surface area contributed by atoms with Gasteiger partial charge in [-0.25, -0.2) is 18.7 Å². The van der Waals surface area contributed by atoms with Gasteiger partial charge in [0.25, 0.3) is 0 Å². The maximum atomic E-state index is 15.2. The van der Waals surface area contributed by atoms with E-state index in [1.54, 1.807) is 12.1 Å². The van der Waals surface area contributed by atoms with E-state index in [2.05, 4.69) is 25.9 Å². The Morgan fingerprint density at radius 3 is 2.26 bits per heavy atom. The maximum absolute atomic E-state index is 15.2. The van der Waals surface area contributed by atoms with Crippen LogP contribution in [0.4, 0.5) is 20.2 Å². The van der Waals surface area contributed by atoms with E-state index in [-0.39, 0.29) is 23.4 Å². The van der Waals surface area contributed by atoms with Crippen LogP contribution in [0.2, 0.25) is 0 Å². The predicted molar refractivity (Wildman–Crippen MR) is 154 cm³/mol. The van der Waals surface area contributed by atoms with Gasteiger partial charge in [-0.3, -0.25) is 9.59 Å². The van der Waals surface area contributed by atoms with Crippen LogP contribution in [0.5, 0.6) is 23.1 Å². The summed E-state index contributed by atoms with van der Waals surface area (Å²) < 4.78 is 45.9. The molecule has 0 bridgehead atoms. The second-order valence-corrected chi connectivity index (χ2v) is 10.5. The third kappa shape index (κ3) is 6.05. The number of nitrogens with one attached hydrogen (secondary N) is 3. The van der Waals surface area contributed by atoms with E-state index in [9.17, 15) is 14.0 Å². The van der Waals surface area contributed by atoms with Crippen molar-refractivity contribution < 1.29 is 32.6 Å². The number of anilines is 2. The lowest BCUT2D eigenvalue weighted by Crippen LogP contribution is -2.35. The van der Waals surface area contributed by atoms with Gasteiger partial charge < -0.3 is 30.2 Å². The van der Waals surface area contributed by atoms with Crippen molar-refractivity contribution in [2.45, 2.75) is 31.8 Å². The molecule has 6 rings (SSSR count). The van der Waals surface area contributed by atoms with Crippen molar-refractivity contribution in [3.63, 3.8) is 0 Å². The number of halogens is 2. The molecule has 2 aliphatic rings. The van der Waals surface area contributed by atoms with Gasteiger partial charge in [-0.05, 0) is 81.2 Å². The van der Waals surface area contributed by atoms with Gasteiger partial charge in [-0.1, -0.05) is 0 Å². The third-order valence-corrected chi connectivity index (χ3v) is 7.58. The normalized spacial score (nSPS) is 15.9. The van der Waals surface area contributed by atoms with Crippen LogP contribution in [0.25, 0.3) is 10.9 Å². The molecular weight excluding hydrogens is 560 g/mol. The predicted octanol–water partition coefficient (Wildman–Crippen LogP) is 5.20. The zero-order valence-corrected chi connectivity index (χ0v) is 23.3. The molecule has 3 N–H and O–H groups in total. The Bertz CT molecular complexity index is 1670. The molecule has 4 aromatic rings. The lowest BCUT2D eigenvalue weighted by atomic mass is 10.0. The summed E-state index contributed by atoms with van der Waals surface area (Å²) in [5.41, 5.74) is -0.217. The van der Waals surface area contributed by atoms with Gasteiger partial charge in [0.2, 0.25) is 17.7 Å². The molecule has 0 atom stereocenters. The molecule has 2 amide bonds. The fourth-order valence-electron chi connectivity index (χ4n) is 4.95. The van der Waals surface area contributed by atoms with E-state index in [1.165, 1.54) is 49.8 Å². The van der Waals surface area contributed by atoms with Crippen LogP contribution in [-0.2, 0) is 9.59 Å². The van der Waals surface area contributed by atoms with E-state index in [0.717, 1.165) is 32.0 Å². The van der Waals surface area contributed by atoms with Crippen molar-refractivity contribution in [3.05, 3.63) is 72.6 Å². The molecular formula is C31H29F2N5O5. The number of hydrogen-bond acceptors (Lipinski definition) is 8. The second-order valence-electron chi connectivity index (χ2n) is 10.5. The Kier molecular flexibility index (Phi) is 7.76. The third-order valence-electron chi connectivity index (χ3n) is 7.58. The zero-order chi connectivity index (χ0) is 30.0. The average Bonchev–Trinajstić information content (AvgIpc) is 3.83. The van der Waals surface area contributed by atoms with E-state index < -0.39 is 28.9 Å². The number of aromatic nitrogens is 2. The molecule has 1 aliphatic carbocycles. The Labute approximate surface area is 245 Å². The first-order chi connectivity index (χ1) is 20.8. The SMILES string of the molecule is COc1cc2c(Oc3ccc(NC(=O)C4(C(=O)Nc5ccc(F)cc5)CC4)cc3F)ncnc2cc1OC1CCNCC1. The first-order valence-corrected chi connectivity index (χ1v) is 13.9. The minimum absolute atomic E-state index is 0.0530. The molecule has 0 unspecified atom stereocenters. The molecule has 0 spiro atoms. The Balaban J connectivity index is 1.16. The van der Waals surface area contributed by atoms with Gasteiger partial charge in [0.15, 0.2) is 23.1 Å². The fourth-order valence-corrected chi connectivity index (χ4v) is 4.95. The number of carbonyl (C=O) groups is 2. The lowest BCUT2D eigenvalue weighted by Gasteiger charge is -2.24. The highest BCUT2D eigenvalue weighted by molar-refractivity contribution is 6.16. The highest BCUT2D eigenvalue weighted by Crippen LogP contribution is 2.47. The van der Waals surface area contributed by atoms with Crippen molar-refractivity contribution in [1.29, 1.82) is 0 Å². The monoisotopic (exact) mass is 589 g/mol. The Morgan fingerprint density at radius 1 is 0.884 bits per heavy atom. The van der Waals surface area contributed by atoms with Crippen LogP contribution in [0.1, 0.15) is 25.7 Å². The average molecular weight is 590 g/mol. The summed E-state index contributed by atoms with van der Waals surface area (Å²) in [5, 5.41) is 9.06. The van der Waals surface area contributed by atoms with Crippen LogP contribution in [0.15, 0.2) is 60.9 Å². The maximum Gasteiger partial charge on any atom is 0.240 e. The van der Waals surface area contributed by atoms with E-state index in [0.29, 0.717) is 40.9 Å². The fraction of sp³-hybridized carbons (Fsp3) is 0.290. The van der Waals surface area contributed by atoms with E-state index in [4.69, 9.17) is 14.2 Å². The topological polar surface area (TPSA) is 124 Å². The number of carbonyl (C=O) groups excluding carboxylic acids is 2. The molecule has 1 aliphatic heterocycles. The summed E-state index contributed by atoms with van der Waals surface area (Å²) in [6.07, 6.45) is 3.79. The number of fused-ring (bicyclic) bond motifs is 1. The van der Waals surface area contributed by atoms with Gasteiger partial charge in [0.05, 0.1) is 18.0 Å². The lowest BCUT2D eigenvalue weighted by molar-refractivity contribution is -0.131. The van der Waals surface area contributed by atoms with Crippen LogP contribution in [-0.4, -0.2) is 48.1 Å². The van der Waals surface area contributed by atoms with Crippen LogP contribution < -0.4 is 30.2 Å². The van der Waals surface area contributed by atoms with Crippen molar-refractivity contribution in [2.75, 3.05) is 30.8 Å². The summed E-state index contributed by atoms with van der Waals surface area (Å²) >= 11 is 0. The van der Waals surface area contributed by atoms with Gasteiger partial charge in [0, 0.05) is 23.5 Å². The molecule has 0 radical (unpaired) electrons. The number of ether oxygens (including phenoxy) is 3. The number of benzene rings is 3. The summed E-state index contributed by atoms with van der Waals surface area (Å²) in [4.78, 5) is 34.3. The van der Waals surface area contributed by atoms with Crippen molar-refractivity contribution >= 4 is 34.1 Å². The summed E-state index contributed by atoms with van der Waals surface area (Å²) in [6, 6.07) is 12.6. The van der Waals surface area contributed by atoms with E-state index in [1.807, 2.05) is 0 Å². The summed E-state index contributed by atoms with van der Waals surface area (Å²) in [5.74, 6) is -1.24. The molecule has 1 saturated heterocycles. The summed E-state index contributed by atoms with van der Waals surface area (Å²) in [7, 11) is 1.53. The van der Waals surface area contributed by atoms with E-state index >= 15 is 4.39 Å². The number of nitrogens with zero attached hydrogens (tertiary/aromatic N) is 2. The minimum Gasteiger partial charge on any atom is -0.493 e. The molecule has 1 aromatic heterocycles. The standard InChI is InChI=1S/C31H29F2N5O5/c1-41-26-15-22-24(16-27(26)42-21-8-12-34-13-9-21)35-17-36-28(22)43-25-7-6-20(14-23(25)33)38-30(40)31(10-11-31)29(39)37-19-4-2-18(32)3-5-19/h2-7,14-17,21,34H,8-13H2,1H3,(H,37,39)(H,38,40). The highest BCUT2D eigenvalue weighted by atomic mass is 19.1. The van der Waals surface area contributed by atoms with Crippen molar-refractivity contribution in [3.8, 4) is 23.1 Å². The smallest absolute Gasteiger partial charge is 0.240 e. The second kappa shape index (κ2) is 11.8. The van der Waals surface area contributed by atoms with Crippen molar-refractivity contribution in [2.24, 2.45) is 5.41 Å². The largest absolute Gasteiger partial charge is 0.493 e. The molecule has 43 heavy (non-hydrogen) atoms. The molecule has 3 aromatic carbocycles. The number of methoxy groups -OCH3 is 1. The molecule has 222 valence electrons. The Morgan fingerprint density at radius 2 is 1.58 bits per heavy atom. The number of hydrogen-bond donors (Lipinski definition) is 3. The number of rotatable bonds is 9. The van der Waals surface area contributed by atoms with Crippen LogP contribution in [0.3, 0.4) is 0 Å². The zero-order valence-electron chi connectivity index (χ0n) is 23.3. The number of amides is 2. The highest BCUT2D eigenvalue weighted by Gasteiger charge is 2.56. The molecule has 2 fully saturated rings. The van der Waals surface area contributed by atoms with Gasteiger partial charge in [0.1, 0.15) is 23.7 Å². The minimum atomic E-state index is -1.28. The molecule has 2 heterocycles. The molecule has 10 nitrogen and oxygen atoms in total. The van der Waals surface area contributed by atoms with Gasteiger partial charge >= 0.3 is 0 Å². The Hall–Kier alpha value is -4.84. The van der Waals surface area contributed by atoms with Gasteiger partial charge in [-0.15, -0.1) is 0 Å². The quantitative estimate of drug-likeness (QED) is 0.228. The summed E-state index contributed by atoms with van der Waals surface area (Å²) in [6.45, 7) is 1.75. The molecule has 1 saturated carbocycles. The van der Waals surface area contributed by atoms with Crippen molar-refractivity contribution in [1.82, 2.24) is 15.3 Å². The van der Waals surface area contributed by atoms with Gasteiger partial charge in [-0.2, -0.15) is 0 Å². The van der Waals surface area contributed by atoms with Crippen LogP contribution >= 0.6 is 0 Å².